The predicted molar refractivity (Wildman–Crippen MR) is 117 cm³/mol. The maximum absolute atomic E-state index is 6.01. The highest BCUT2D eigenvalue weighted by Crippen LogP contribution is 2.57. The first-order valence-electron chi connectivity index (χ1n) is 10.5. The van der Waals surface area contributed by atoms with Crippen molar-refractivity contribution < 1.29 is 0 Å². The van der Waals surface area contributed by atoms with Gasteiger partial charge in [0.2, 0.25) is 0 Å². The van der Waals surface area contributed by atoms with Crippen molar-refractivity contribution in [1.29, 1.82) is 0 Å². The van der Waals surface area contributed by atoms with E-state index in [4.69, 9.17) is 12.2 Å². The molecule has 5 rings (SSSR count). The van der Waals surface area contributed by atoms with Crippen LogP contribution in [0.1, 0.15) is 50.4 Å². The summed E-state index contributed by atoms with van der Waals surface area (Å²) in [5.41, 5.74) is 5.89. The quantitative estimate of drug-likeness (QED) is 0.706. The Bertz CT molecular complexity index is 956. The zero-order valence-corrected chi connectivity index (χ0v) is 17.5. The first-order valence-corrected chi connectivity index (χ1v) is 10.9. The highest BCUT2D eigenvalue weighted by molar-refractivity contribution is 7.81. The monoisotopic (exact) mass is 379 g/mol. The Morgan fingerprint density at radius 2 is 2.07 bits per heavy atom. The second kappa shape index (κ2) is 6.18. The first kappa shape index (κ1) is 17.4. The summed E-state index contributed by atoms with van der Waals surface area (Å²) in [7, 11) is 2.12. The zero-order chi connectivity index (χ0) is 18.8. The molecule has 1 saturated heterocycles. The molecule has 2 atom stereocenters. The van der Waals surface area contributed by atoms with Gasteiger partial charge in [-0.05, 0) is 56.9 Å². The molecule has 142 valence electrons. The molecular formula is C23H29N3S. The SMILES string of the molecule is CCN(C)C(=S)C1=C[C@]2(CC)CCCN3CCc4c(n1c1ccccc41)[C@@H]32. The van der Waals surface area contributed by atoms with Gasteiger partial charge in [0.1, 0.15) is 4.99 Å². The number of hydrogen-bond donors (Lipinski definition) is 0. The van der Waals surface area contributed by atoms with Crippen molar-refractivity contribution >= 4 is 33.8 Å². The summed E-state index contributed by atoms with van der Waals surface area (Å²) in [4.78, 5) is 5.95. The van der Waals surface area contributed by atoms with Gasteiger partial charge in [-0.1, -0.05) is 37.3 Å². The molecular weight excluding hydrogens is 350 g/mol. The van der Waals surface area contributed by atoms with E-state index in [0.717, 1.165) is 18.0 Å². The maximum Gasteiger partial charge on any atom is 0.125 e. The third kappa shape index (κ3) is 2.26. The van der Waals surface area contributed by atoms with Crippen molar-refractivity contribution in [1.82, 2.24) is 14.4 Å². The number of hydrogen-bond acceptors (Lipinski definition) is 2. The van der Waals surface area contributed by atoms with Crippen LogP contribution in [0.3, 0.4) is 0 Å². The fourth-order valence-electron chi connectivity index (χ4n) is 5.78. The summed E-state index contributed by atoms with van der Waals surface area (Å²) in [6, 6.07) is 9.45. The molecule has 0 N–H and O–H groups in total. The predicted octanol–water partition coefficient (Wildman–Crippen LogP) is 4.86. The topological polar surface area (TPSA) is 11.4 Å². The molecule has 0 radical (unpaired) electrons. The van der Waals surface area contributed by atoms with E-state index >= 15 is 0 Å². The minimum absolute atomic E-state index is 0.214. The molecule has 27 heavy (non-hydrogen) atoms. The fraction of sp³-hybridized carbons (Fsp3) is 0.522. The van der Waals surface area contributed by atoms with Crippen LogP contribution < -0.4 is 0 Å². The molecule has 4 heteroatoms. The molecule has 3 aliphatic heterocycles. The van der Waals surface area contributed by atoms with Crippen molar-refractivity contribution in [3.05, 3.63) is 41.6 Å². The standard InChI is InChI=1S/C23H29N3S/c1-4-23-12-8-13-25-14-11-17-16-9-6-7-10-18(16)26(20(17)21(23)25)19(15-23)22(27)24(3)5-2/h6-7,9-10,15,21H,4-5,8,11-14H2,1-3H3/t21-,23+/m1/s1. The van der Waals surface area contributed by atoms with Crippen LogP contribution in [-0.2, 0) is 6.42 Å². The number of nitrogens with zero attached hydrogens (tertiary/aromatic N) is 3. The molecule has 2 aromatic rings. The third-order valence-corrected chi connectivity index (χ3v) is 7.81. The van der Waals surface area contributed by atoms with E-state index in [9.17, 15) is 0 Å². The lowest BCUT2D eigenvalue weighted by Gasteiger charge is -2.53. The summed E-state index contributed by atoms with van der Waals surface area (Å²) in [6.45, 7) is 7.91. The van der Waals surface area contributed by atoms with Crippen molar-refractivity contribution in [2.75, 3.05) is 26.7 Å². The van der Waals surface area contributed by atoms with Gasteiger partial charge in [-0.25, -0.2) is 0 Å². The molecule has 0 bridgehead atoms. The molecule has 0 spiro atoms. The van der Waals surface area contributed by atoms with Gasteiger partial charge in [0.15, 0.2) is 0 Å². The Hall–Kier alpha value is -1.65. The zero-order valence-electron chi connectivity index (χ0n) is 16.7. The summed E-state index contributed by atoms with van der Waals surface area (Å²) in [6.07, 6.45) is 7.46. The van der Waals surface area contributed by atoms with Gasteiger partial charge in [-0.2, -0.15) is 0 Å². The molecule has 0 saturated carbocycles. The molecule has 1 fully saturated rings. The van der Waals surface area contributed by atoms with Crippen LogP contribution in [0.5, 0.6) is 0 Å². The minimum atomic E-state index is 0.214. The summed E-state index contributed by atoms with van der Waals surface area (Å²) in [5.74, 6) is 0. The minimum Gasteiger partial charge on any atom is -0.364 e. The lowest BCUT2D eigenvalue weighted by molar-refractivity contribution is 0.0273. The van der Waals surface area contributed by atoms with Crippen LogP contribution in [-0.4, -0.2) is 46.0 Å². The van der Waals surface area contributed by atoms with Gasteiger partial charge in [-0.15, -0.1) is 0 Å². The normalized spacial score (nSPS) is 26.6. The van der Waals surface area contributed by atoms with Crippen LogP contribution in [0, 0.1) is 5.41 Å². The van der Waals surface area contributed by atoms with E-state index in [1.165, 1.54) is 54.6 Å². The lowest BCUT2D eigenvalue weighted by atomic mass is 9.66. The molecule has 0 amide bonds. The van der Waals surface area contributed by atoms with Gasteiger partial charge in [0.25, 0.3) is 0 Å². The van der Waals surface area contributed by atoms with E-state index in [2.05, 4.69) is 65.6 Å². The Morgan fingerprint density at radius 1 is 1.26 bits per heavy atom. The van der Waals surface area contributed by atoms with E-state index < -0.39 is 0 Å². The van der Waals surface area contributed by atoms with Crippen LogP contribution in [0.25, 0.3) is 16.6 Å². The maximum atomic E-state index is 6.01. The molecule has 3 nitrogen and oxygen atoms in total. The van der Waals surface area contributed by atoms with E-state index in [1.54, 1.807) is 5.56 Å². The van der Waals surface area contributed by atoms with Crippen LogP contribution in [0.4, 0.5) is 0 Å². The first-order chi connectivity index (χ1) is 13.1. The number of likely N-dealkylation sites (N-methyl/N-ethyl adjacent to an activating group) is 1. The number of benzene rings is 1. The number of piperidine rings is 1. The van der Waals surface area contributed by atoms with Crippen molar-refractivity contribution in [2.45, 2.75) is 45.6 Å². The molecule has 1 aromatic carbocycles. The van der Waals surface area contributed by atoms with Crippen LogP contribution >= 0.6 is 12.2 Å². The Balaban J connectivity index is 1.85. The second-order valence-corrected chi connectivity index (χ2v) is 8.83. The summed E-state index contributed by atoms with van der Waals surface area (Å²) in [5, 5.41) is 1.43. The summed E-state index contributed by atoms with van der Waals surface area (Å²) < 4.78 is 2.52. The van der Waals surface area contributed by atoms with Gasteiger partial charge in [0, 0.05) is 36.6 Å². The molecule has 0 unspecified atom stereocenters. The van der Waals surface area contributed by atoms with Crippen molar-refractivity contribution in [2.24, 2.45) is 5.41 Å². The highest BCUT2D eigenvalue weighted by atomic mass is 32.1. The van der Waals surface area contributed by atoms with Crippen molar-refractivity contribution in [3.63, 3.8) is 0 Å². The Kier molecular flexibility index (Phi) is 3.99. The molecule has 1 aromatic heterocycles. The number of rotatable bonds is 3. The second-order valence-electron chi connectivity index (χ2n) is 8.44. The van der Waals surface area contributed by atoms with Gasteiger partial charge >= 0.3 is 0 Å². The summed E-state index contributed by atoms with van der Waals surface area (Å²) >= 11 is 6.01. The number of fused-ring (bicyclic) bond motifs is 3. The number of para-hydroxylation sites is 1. The van der Waals surface area contributed by atoms with Crippen molar-refractivity contribution in [3.8, 4) is 0 Å². The molecule has 0 aliphatic carbocycles. The molecule has 3 aliphatic rings. The average molecular weight is 380 g/mol. The van der Waals surface area contributed by atoms with Crippen LogP contribution in [0.2, 0.25) is 0 Å². The average Bonchev–Trinajstić information content (AvgIpc) is 3.06. The highest BCUT2D eigenvalue weighted by Gasteiger charge is 2.50. The van der Waals surface area contributed by atoms with E-state index in [1.807, 2.05) is 0 Å². The lowest BCUT2D eigenvalue weighted by Crippen LogP contribution is -2.51. The Morgan fingerprint density at radius 3 is 2.85 bits per heavy atom. The van der Waals surface area contributed by atoms with Gasteiger partial charge in [0.05, 0.1) is 17.3 Å². The number of aromatic nitrogens is 1. The molecule has 4 heterocycles. The van der Waals surface area contributed by atoms with Gasteiger partial charge in [-0.3, -0.25) is 4.90 Å². The van der Waals surface area contributed by atoms with Crippen LogP contribution in [0.15, 0.2) is 30.3 Å². The Labute approximate surface area is 167 Å². The largest absolute Gasteiger partial charge is 0.364 e. The smallest absolute Gasteiger partial charge is 0.125 e. The number of thiocarbonyl (C=S) groups is 1. The third-order valence-electron chi connectivity index (χ3n) is 7.29. The van der Waals surface area contributed by atoms with Gasteiger partial charge < -0.3 is 9.47 Å². The fourth-order valence-corrected chi connectivity index (χ4v) is 6.05. The van der Waals surface area contributed by atoms with E-state index in [0.29, 0.717) is 6.04 Å². The van der Waals surface area contributed by atoms with E-state index in [-0.39, 0.29) is 5.41 Å².